The lowest BCUT2D eigenvalue weighted by molar-refractivity contribution is 0.617. The topological polar surface area (TPSA) is 52.3 Å². The Balaban J connectivity index is 3.21. The maximum absolute atomic E-state index is 13.3. The van der Waals surface area contributed by atoms with Crippen LogP contribution in [-0.4, -0.2) is 30.3 Å². The van der Waals surface area contributed by atoms with E-state index in [1.165, 1.54) is 12.5 Å². The molecule has 0 spiro atoms. The molecule has 0 atom stereocenters. The van der Waals surface area contributed by atoms with Gasteiger partial charge in [-0.15, -0.1) is 0 Å². The van der Waals surface area contributed by atoms with Gasteiger partial charge in [-0.2, -0.15) is 5.26 Å². The molecule has 0 aromatic carbocycles. The fraction of sp³-hybridized carbons (Fsp3) is 0.222. The van der Waals surface area contributed by atoms with E-state index in [9.17, 15) is 4.39 Å². The molecule has 0 aliphatic rings. The van der Waals surface area contributed by atoms with Gasteiger partial charge >= 0.3 is 0 Å². The Hall–Kier alpha value is -1.67. The number of hydrogen-bond acceptors (Lipinski definition) is 3. The van der Waals surface area contributed by atoms with Gasteiger partial charge < -0.3 is 4.90 Å². The predicted octanol–water partition coefficient (Wildman–Crippen LogP) is 1.97. The molecule has 0 aliphatic heterocycles. The fourth-order valence-electron chi connectivity index (χ4n) is 0.837. The van der Waals surface area contributed by atoms with Crippen molar-refractivity contribution in [3.8, 4) is 6.07 Å². The van der Waals surface area contributed by atoms with Crippen molar-refractivity contribution in [2.75, 3.05) is 14.1 Å². The molecule has 0 radical (unpaired) electrons. The zero-order valence-electron chi connectivity index (χ0n) is 8.20. The zero-order chi connectivity index (χ0) is 11.4. The molecule has 0 bridgehead atoms. The third-order valence-electron chi connectivity index (χ3n) is 1.50. The molecule has 1 aromatic heterocycles. The van der Waals surface area contributed by atoms with Crippen LogP contribution in [0.5, 0.6) is 0 Å². The standard InChI is InChI=1S/C9H8ClFN4/c1-15(2)5-14-7-4-13-9(10)8(11)6(7)3-12/h4-5H,1-2H3. The SMILES string of the molecule is CN(C)C=Nc1cnc(Cl)c(F)c1C#N. The van der Waals surface area contributed by atoms with Crippen LogP contribution < -0.4 is 0 Å². The van der Waals surface area contributed by atoms with Crippen molar-refractivity contribution < 1.29 is 4.39 Å². The van der Waals surface area contributed by atoms with Crippen molar-refractivity contribution in [3.63, 3.8) is 0 Å². The monoisotopic (exact) mass is 226 g/mol. The molecule has 4 nitrogen and oxygen atoms in total. The Morgan fingerprint density at radius 3 is 2.87 bits per heavy atom. The third kappa shape index (κ3) is 2.64. The first kappa shape index (κ1) is 11.4. The van der Waals surface area contributed by atoms with Crippen molar-refractivity contribution in [3.05, 3.63) is 22.7 Å². The van der Waals surface area contributed by atoms with Crippen LogP contribution in [0.3, 0.4) is 0 Å². The normalized spacial score (nSPS) is 10.3. The molecule has 0 unspecified atom stereocenters. The number of aliphatic imine (C=N–C) groups is 1. The van der Waals surface area contributed by atoms with Gasteiger partial charge in [-0.3, -0.25) is 0 Å². The Morgan fingerprint density at radius 2 is 2.33 bits per heavy atom. The van der Waals surface area contributed by atoms with E-state index in [0.29, 0.717) is 0 Å². The molecule has 0 saturated carbocycles. The van der Waals surface area contributed by atoms with Crippen molar-refractivity contribution in [1.82, 2.24) is 9.88 Å². The van der Waals surface area contributed by atoms with Crippen molar-refractivity contribution >= 4 is 23.6 Å². The minimum atomic E-state index is -0.840. The minimum Gasteiger partial charge on any atom is -0.369 e. The second-order valence-corrected chi connectivity index (χ2v) is 3.30. The highest BCUT2D eigenvalue weighted by Crippen LogP contribution is 2.24. The summed E-state index contributed by atoms with van der Waals surface area (Å²) in [5.74, 6) is -0.840. The largest absolute Gasteiger partial charge is 0.369 e. The smallest absolute Gasteiger partial charge is 0.180 e. The summed E-state index contributed by atoms with van der Waals surface area (Å²) in [7, 11) is 3.52. The molecule has 1 aromatic rings. The minimum absolute atomic E-state index is 0.160. The Labute approximate surface area is 91.6 Å². The van der Waals surface area contributed by atoms with E-state index in [1.807, 2.05) is 0 Å². The lowest BCUT2D eigenvalue weighted by atomic mass is 10.2. The third-order valence-corrected chi connectivity index (χ3v) is 1.76. The summed E-state index contributed by atoms with van der Waals surface area (Å²) in [6, 6.07) is 1.70. The van der Waals surface area contributed by atoms with Gasteiger partial charge in [0, 0.05) is 14.1 Å². The second-order valence-electron chi connectivity index (χ2n) is 2.94. The van der Waals surface area contributed by atoms with E-state index >= 15 is 0 Å². The fourth-order valence-corrected chi connectivity index (χ4v) is 0.980. The van der Waals surface area contributed by atoms with Gasteiger partial charge in [0.05, 0.1) is 12.5 Å². The van der Waals surface area contributed by atoms with Crippen LogP contribution in [0.15, 0.2) is 11.2 Å². The van der Waals surface area contributed by atoms with Crippen molar-refractivity contribution in [1.29, 1.82) is 5.26 Å². The van der Waals surface area contributed by atoms with E-state index in [2.05, 4.69) is 9.98 Å². The summed E-state index contributed by atoms with van der Waals surface area (Å²) in [6.07, 6.45) is 2.70. The maximum Gasteiger partial charge on any atom is 0.180 e. The first-order valence-electron chi connectivity index (χ1n) is 4.01. The van der Waals surface area contributed by atoms with Gasteiger partial charge in [-0.05, 0) is 0 Å². The van der Waals surface area contributed by atoms with Crippen LogP contribution in [0.4, 0.5) is 10.1 Å². The average molecular weight is 227 g/mol. The summed E-state index contributed by atoms with van der Waals surface area (Å²) >= 11 is 5.43. The molecule has 1 rings (SSSR count). The molecule has 15 heavy (non-hydrogen) atoms. The molecule has 78 valence electrons. The quantitative estimate of drug-likeness (QED) is 0.440. The van der Waals surface area contributed by atoms with E-state index in [-0.39, 0.29) is 16.4 Å². The van der Waals surface area contributed by atoms with E-state index < -0.39 is 5.82 Å². The number of nitrogens with zero attached hydrogens (tertiary/aromatic N) is 4. The molecule has 0 fully saturated rings. The summed E-state index contributed by atoms with van der Waals surface area (Å²) in [6.45, 7) is 0. The van der Waals surface area contributed by atoms with Crippen LogP contribution in [-0.2, 0) is 0 Å². The van der Waals surface area contributed by atoms with Crippen LogP contribution in [0.25, 0.3) is 0 Å². The van der Waals surface area contributed by atoms with Crippen LogP contribution >= 0.6 is 11.6 Å². The lowest BCUT2D eigenvalue weighted by Gasteiger charge is -2.03. The highest BCUT2D eigenvalue weighted by Gasteiger charge is 2.12. The number of aromatic nitrogens is 1. The molecular formula is C9H8ClFN4. The summed E-state index contributed by atoms with van der Waals surface area (Å²) in [5, 5.41) is 8.40. The molecule has 0 N–H and O–H groups in total. The predicted molar refractivity (Wildman–Crippen MR) is 55.8 cm³/mol. The van der Waals surface area contributed by atoms with Crippen LogP contribution in [0.1, 0.15) is 5.56 Å². The molecule has 0 aliphatic carbocycles. The summed E-state index contributed by atoms with van der Waals surface area (Å²) in [5.41, 5.74) is -0.0406. The zero-order valence-corrected chi connectivity index (χ0v) is 8.96. The Kier molecular flexibility index (Phi) is 3.58. The first-order chi connectivity index (χ1) is 7.06. The van der Waals surface area contributed by atoms with E-state index in [0.717, 1.165) is 0 Å². The van der Waals surface area contributed by atoms with Gasteiger partial charge in [0.1, 0.15) is 17.3 Å². The van der Waals surface area contributed by atoms with Crippen molar-refractivity contribution in [2.45, 2.75) is 0 Å². The van der Waals surface area contributed by atoms with Crippen LogP contribution in [0.2, 0.25) is 5.15 Å². The van der Waals surface area contributed by atoms with E-state index in [1.54, 1.807) is 25.1 Å². The van der Waals surface area contributed by atoms with Gasteiger partial charge in [-0.25, -0.2) is 14.4 Å². The number of hydrogen-bond donors (Lipinski definition) is 0. The number of rotatable bonds is 2. The van der Waals surface area contributed by atoms with Crippen LogP contribution in [0, 0.1) is 17.1 Å². The highest BCUT2D eigenvalue weighted by atomic mass is 35.5. The van der Waals surface area contributed by atoms with Gasteiger partial charge in [0.15, 0.2) is 11.0 Å². The number of pyridine rings is 1. The average Bonchev–Trinajstić information content (AvgIpc) is 2.19. The van der Waals surface area contributed by atoms with Gasteiger partial charge in [0.25, 0.3) is 0 Å². The lowest BCUT2D eigenvalue weighted by Crippen LogP contribution is -2.07. The van der Waals surface area contributed by atoms with Gasteiger partial charge in [0.2, 0.25) is 0 Å². The number of halogens is 2. The second kappa shape index (κ2) is 4.71. The summed E-state index contributed by atoms with van der Waals surface area (Å²) < 4.78 is 13.3. The summed E-state index contributed by atoms with van der Waals surface area (Å²) in [4.78, 5) is 9.13. The first-order valence-corrected chi connectivity index (χ1v) is 4.38. The Morgan fingerprint density at radius 1 is 1.67 bits per heavy atom. The molecule has 6 heteroatoms. The Bertz CT molecular complexity index is 436. The van der Waals surface area contributed by atoms with E-state index in [4.69, 9.17) is 16.9 Å². The number of nitriles is 1. The maximum atomic E-state index is 13.3. The highest BCUT2D eigenvalue weighted by molar-refractivity contribution is 6.29. The molecule has 1 heterocycles. The van der Waals surface area contributed by atoms with Gasteiger partial charge in [-0.1, -0.05) is 11.6 Å². The molecular weight excluding hydrogens is 219 g/mol. The molecule has 0 saturated heterocycles. The van der Waals surface area contributed by atoms with Crippen molar-refractivity contribution in [2.24, 2.45) is 4.99 Å². The molecule has 0 amide bonds.